The minimum atomic E-state index is -0.702. The number of furan rings is 1. The molecule has 1 aromatic carbocycles. The molecule has 2 rings (SSSR count). The summed E-state index contributed by atoms with van der Waals surface area (Å²) in [7, 11) is 0. The summed E-state index contributed by atoms with van der Waals surface area (Å²) in [4.78, 5) is 0. The lowest BCUT2D eigenvalue weighted by molar-refractivity contribution is -0.0435. The molecule has 0 saturated carbocycles. The maximum Gasteiger partial charge on any atom is 0.138 e. The fourth-order valence-electron chi connectivity index (χ4n) is 1.98. The Kier molecular flexibility index (Phi) is 3.82. The molecule has 2 unspecified atom stereocenters. The van der Waals surface area contributed by atoms with Crippen molar-refractivity contribution in [3.63, 3.8) is 0 Å². The molecule has 0 spiro atoms. The first kappa shape index (κ1) is 12.1. The number of para-hydroxylation sites is 1. The molecule has 0 radical (unpaired) electrons. The van der Waals surface area contributed by atoms with E-state index < -0.39 is 6.10 Å². The van der Waals surface area contributed by atoms with Crippen LogP contribution >= 0.6 is 0 Å². The Hall–Kier alpha value is -1.32. The number of fused-ring (bicyclic) bond motifs is 1. The van der Waals surface area contributed by atoms with Gasteiger partial charge in [-0.2, -0.15) is 0 Å². The van der Waals surface area contributed by atoms with Crippen molar-refractivity contribution in [1.29, 1.82) is 0 Å². The average Bonchev–Trinajstić information content (AvgIpc) is 2.78. The average molecular weight is 234 g/mol. The van der Waals surface area contributed by atoms with E-state index in [1.54, 1.807) is 0 Å². The smallest absolute Gasteiger partial charge is 0.138 e. The van der Waals surface area contributed by atoms with Gasteiger partial charge in [0.25, 0.3) is 0 Å². The van der Waals surface area contributed by atoms with Crippen LogP contribution in [-0.4, -0.2) is 17.8 Å². The van der Waals surface area contributed by atoms with Crippen LogP contribution in [0, 0.1) is 0 Å². The summed E-state index contributed by atoms with van der Waals surface area (Å²) in [6.45, 7) is 4.51. The molecule has 1 heterocycles. The standard InChI is InChI=1S/C14H18O3/c1-3-11(16-4-2)14(15)13-9-10-7-5-6-8-12(10)17-13/h5-9,11,14-15H,3-4H2,1-2H3. The van der Waals surface area contributed by atoms with E-state index in [1.807, 2.05) is 44.2 Å². The fourth-order valence-corrected chi connectivity index (χ4v) is 1.98. The number of hydrogen-bond acceptors (Lipinski definition) is 3. The summed E-state index contributed by atoms with van der Waals surface area (Å²) in [6.07, 6.45) is -0.153. The summed E-state index contributed by atoms with van der Waals surface area (Å²) in [5.74, 6) is 0.575. The number of ether oxygens (including phenoxy) is 1. The van der Waals surface area contributed by atoms with E-state index in [1.165, 1.54) is 0 Å². The van der Waals surface area contributed by atoms with Crippen molar-refractivity contribution in [3.05, 3.63) is 36.1 Å². The lowest BCUT2D eigenvalue weighted by Crippen LogP contribution is -2.21. The maximum absolute atomic E-state index is 10.2. The van der Waals surface area contributed by atoms with Crippen LogP contribution in [-0.2, 0) is 4.74 Å². The SMILES string of the molecule is CCOC(CC)C(O)c1cc2ccccc2o1. The molecule has 17 heavy (non-hydrogen) atoms. The molecule has 0 bridgehead atoms. The topological polar surface area (TPSA) is 42.6 Å². The lowest BCUT2D eigenvalue weighted by atomic mass is 10.1. The molecule has 2 atom stereocenters. The minimum absolute atomic E-state index is 0.208. The highest BCUT2D eigenvalue weighted by Crippen LogP contribution is 2.27. The number of aliphatic hydroxyl groups excluding tert-OH is 1. The van der Waals surface area contributed by atoms with E-state index in [9.17, 15) is 5.11 Å². The van der Waals surface area contributed by atoms with Gasteiger partial charge in [-0.3, -0.25) is 0 Å². The Morgan fingerprint density at radius 3 is 2.71 bits per heavy atom. The number of aliphatic hydroxyl groups is 1. The highest BCUT2D eigenvalue weighted by Gasteiger charge is 2.22. The number of hydrogen-bond donors (Lipinski definition) is 1. The molecule has 92 valence electrons. The summed E-state index contributed by atoms with van der Waals surface area (Å²) in [5, 5.41) is 11.2. The molecule has 2 aromatic rings. The Labute approximate surface area is 101 Å². The van der Waals surface area contributed by atoms with Crippen molar-refractivity contribution in [2.75, 3.05) is 6.61 Å². The zero-order chi connectivity index (χ0) is 12.3. The number of benzene rings is 1. The molecule has 3 nitrogen and oxygen atoms in total. The molecular weight excluding hydrogens is 216 g/mol. The van der Waals surface area contributed by atoms with Crippen LogP contribution in [0.4, 0.5) is 0 Å². The fraction of sp³-hybridized carbons (Fsp3) is 0.429. The molecule has 3 heteroatoms. The molecule has 0 aliphatic heterocycles. The Bertz CT molecular complexity index is 442. The van der Waals surface area contributed by atoms with Crippen LogP contribution in [0.25, 0.3) is 11.0 Å². The number of rotatable bonds is 5. The van der Waals surface area contributed by atoms with Gasteiger partial charge >= 0.3 is 0 Å². The highest BCUT2D eigenvalue weighted by atomic mass is 16.5. The van der Waals surface area contributed by atoms with Crippen molar-refractivity contribution in [1.82, 2.24) is 0 Å². The van der Waals surface area contributed by atoms with Gasteiger partial charge in [0.15, 0.2) is 0 Å². The van der Waals surface area contributed by atoms with E-state index >= 15 is 0 Å². The van der Waals surface area contributed by atoms with Gasteiger partial charge in [-0.25, -0.2) is 0 Å². The van der Waals surface area contributed by atoms with Crippen LogP contribution in [0.1, 0.15) is 32.1 Å². The van der Waals surface area contributed by atoms with Crippen molar-refractivity contribution in [3.8, 4) is 0 Å². The predicted octanol–water partition coefficient (Wildman–Crippen LogP) is 3.28. The first-order valence-corrected chi connectivity index (χ1v) is 6.04. The predicted molar refractivity (Wildman–Crippen MR) is 66.9 cm³/mol. The van der Waals surface area contributed by atoms with Gasteiger partial charge in [-0.1, -0.05) is 25.1 Å². The van der Waals surface area contributed by atoms with Crippen molar-refractivity contribution >= 4 is 11.0 Å². The second-order valence-corrected chi connectivity index (χ2v) is 4.03. The molecule has 1 N–H and O–H groups in total. The van der Waals surface area contributed by atoms with E-state index in [0.717, 1.165) is 17.4 Å². The summed E-state index contributed by atoms with van der Waals surface area (Å²) < 4.78 is 11.1. The monoisotopic (exact) mass is 234 g/mol. The Morgan fingerprint density at radius 1 is 1.29 bits per heavy atom. The summed E-state index contributed by atoms with van der Waals surface area (Å²) in [6, 6.07) is 9.61. The molecular formula is C14H18O3. The molecule has 0 aliphatic carbocycles. The third kappa shape index (κ3) is 2.51. The van der Waals surface area contributed by atoms with E-state index in [-0.39, 0.29) is 6.10 Å². The molecule has 0 amide bonds. The Balaban J connectivity index is 2.25. The first-order chi connectivity index (χ1) is 8.26. The van der Waals surface area contributed by atoms with E-state index in [2.05, 4.69) is 0 Å². The molecule has 0 aliphatic rings. The molecule has 1 aromatic heterocycles. The molecule has 0 fully saturated rings. The van der Waals surface area contributed by atoms with Crippen LogP contribution in [0.5, 0.6) is 0 Å². The van der Waals surface area contributed by atoms with Gasteiger partial charge in [-0.15, -0.1) is 0 Å². The van der Waals surface area contributed by atoms with Crippen molar-refractivity contribution in [2.24, 2.45) is 0 Å². The highest BCUT2D eigenvalue weighted by molar-refractivity contribution is 5.77. The van der Waals surface area contributed by atoms with Gasteiger partial charge in [0, 0.05) is 12.0 Å². The Morgan fingerprint density at radius 2 is 2.06 bits per heavy atom. The van der Waals surface area contributed by atoms with E-state index in [4.69, 9.17) is 9.15 Å². The van der Waals surface area contributed by atoms with E-state index in [0.29, 0.717) is 12.4 Å². The van der Waals surface area contributed by atoms with Gasteiger partial charge in [0.2, 0.25) is 0 Å². The van der Waals surface area contributed by atoms with Gasteiger partial charge < -0.3 is 14.3 Å². The zero-order valence-electron chi connectivity index (χ0n) is 10.2. The molecule has 0 saturated heterocycles. The minimum Gasteiger partial charge on any atom is -0.458 e. The largest absolute Gasteiger partial charge is 0.458 e. The van der Waals surface area contributed by atoms with Crippen LogP contribution in [0.15, 0.2) is 34.7 Å². The zero-order valence-corrected chi connectivity index (χ0v) is 10.2. The van der Waals surface area contributed by atoms with Crippen LogP contribution in [0.2, 0.25) is 0 Å². The summed E-state index contributed by atoms with van der Waals surface area (Å²) in [5.41, 5.74) is 0.799. The quantitative estimate of drug-likeness (QED) is 0.863. The van der Waals surface area contributed by atoms with Crippen LogP contribution in [0.3, 0.4) is 0 Å². The second-order valence-electron chi connectivity index (χ2n) is 4.03. The normalized spacial score (nSPS) is 15.0. The van der Waals surface area contributed by atoms with Crippen molar-refractivity contribution in [2.45, 2.75) is 32.5 Å². The van der Waals surface area contributed by atoms with Gasteiger partial charge in [0.05, 0.1) is 6.10 Å². The maximum atomic E-state index is 10.2. The first-order valence-electron chi connectivity index (χ1n) is 6.04. The van der Waals surface area contributed by atoms with Crippen molar-refractivity contribution < 1.29 is 14.3 Å². The third-order valence-electron chi connectivity index (χ3n) is 2.87. The third-order valence-corrected chi connectivity index (χ3v) is 2.87. The van der Waals surface area contributed by atoms with Gasteiger partial charge in [0.1, 0.15) is 17.4 Å². The summed E-state index contributed by atoms with van der Waals surface area (Å²) >= 11 is 0. The second kappa shape index (κ2) is 5.34. The van der Waals surface area contributed by atoms with Gasteiger partial charge in [-0.05, 0) is 25.5 Å². The lowest BCUT2D eigenvalue weighted by Gasteiger charge is -2.19. The van der Waals surface area contributed by atoms with Crippen LogP contribution < -0.4 is 0 Å².